The Hall–Kier alpha value is -2.22. The van der Waals surface area contributed by atoms with Crippen LogP contribution >= 0.6 is 0 Å². The highest BCUT2D eigenvalue weighted by Gasteiger charge is 2.52. The molecule has 0 aliphatic carbocycles. The van der Waals surface area contributed by atoms with Gasteiger partial charge in [-0.3, -0.25) is 9.59 Å². The highest BCUT2D eigenvalue weighted by molar-refractivity contribution is 5.98. The van der Waals surface area contributed by atoms with E-state index in [9.17, 15) is 23.5 Å². The van der Waals surface area contributed by atoms with Gasteiger partial charge in [-0.15, -0.1) is 0 Å². The largest absolute Gasteiger partial charge is 0.496 e. The first-order valence-corrected chi connectivity index (χ1v) is 8.01. The average molecular weight is 355 g/mol. The molecule has 2 aliphatic rings. The number of hydrogen-bond donors (Lipinski definition) is 1. The third-order valence-electron chi connectivity index (χ3n) is 5.21. The SMILES string of the molecule is COc1ccc(F)c(F)c1C(=O)N1CC(C(=O)O)C2(CCOCC2)C1. The highest BCUT2D eigenvalue weighted by atomic mass is 19.2. The Morgan fingerprint density at radius 2 is 2.00 bits per heavy atom. The van der Waals surface area contributed by atoms with E-state index < -0.39 is 40.4 Å². The van der Waals surface area contributed by atoms with Gasteiger partial charge in [0.15, 0.2) is 11.6 Å². The van der Waals surface area contributed by atoms with Crippen LogP contribution in [0.15, 0.2) is 12.1 Å². The van der Waals surface area contributed by atoms with E-state index in [1.165, 1.54) is 18.1 Å². The number of benzene rings is 1. The first-order chi connectivity index (χ1) is 11.9. The molecular weight excluding hydrogens is 336 g/mol. The minimum atomic E-state index is -1.29. The molecule has 25 heavy (non-hydrogen) atoms. The van der Waals surface area contributed by atoms with Crippen molar-refractivity contribution in [2.75, 3.05) is 33.4 Å². The topological polar surface area (TPSA) is 76.1 Å². The van der Waals surface area contributed by atoms with Crippen molar-refractivity contribution in [1.82, 2.24) is 4.90 Å². The van der Waals surface area contributed by atoms with Gasteiger partial charge in [-0.1, -0.05) is 0 Å². The molecule has 1 N–H and O–H groups in total. The minimum absolute atomic E-state index is 0.0483. The lowest BCUT2D eigenvalue weighted by Crippen LogP contribution is -2.40. The lowest BCUT2D eigenvalue weighted by molar-refractivity contribution is -0.146. The number of methoxy groups -OCH3 is 1. The van der Waals surface area contributed by atoms with Gasteiger partial charge in [0.2, 0.25) is 0 Å². The molecule has 1 aromatic carbocycles. The van der Waals surface area contributed by atoms with E-state index in [4.69, 9.17) is 9.47 Å². The molecule has 0 saturated carbocycles. The molecule has 1 unspecified atom stereocenters. The molecule has 2 saturated heterocycles. The molecule has 0 bridgehead atoms. The summed E-state index contributed by atoms with van der Waals surface area (Å²) in [5, 5.41) is 9.56. The van der Waals surface area contributed by atoms with E-state index >= 15 is 0 Å². The third kappa shape index (κ3) is 2.95. The Morgan fingerprint density at radius 1 is 1.32 bits per heavy atom. The first kappa shape index (κ1) is 17.6. The van der Waals surface area contributed by atoms with Gasteiger partial charge in [-0.05, 0) is 25.0 Å². The normalized spacial score (nSPS) is 22.2. The van der Waals surface area contributed by atoms with Crippen LogP contribution in [-0.2, 0) is 9.53 Å². The number of carboxylic acids is 1. The van der Waals surface area contributed by atoms with Crippen molar-refractivity contribution in [2.45, 2.75) is 12.8 Å². The van der Waals surface area contributed by atoms with Crippen LogP contribution in [0.4, 0.5) is 8.78 Å². The molecule has 3 rings (SSSR count). The molecule has 2 heterocycles. The van der Waals surface area contributed by atoms with Crippen LogP contribution < -0.4 is 4.74 Å². The second kappa shape index (κ2) is 6.59. The Balaban J connectivity index is 1.94. The van der Waals surface area contributed by atoms with Crippen LogP contribution in [0.25, 0.3) is 0 Å². The van der Waals surface area contributed by atoms with Gasteiger partial charge in [0.25, 0.3) is 5.91 Å². The van der Waals surface area contributed by atoms with Crippen molar-refractivity contribution in [3.8, 4) is 5.75 Å². The van der Waals surface area contributed by atoms with Crippen LogP contribution in [0.2, 0.25) is 0 Å². The number of amides is 1. The predicted molar refractivity (Wildman–Crippen MR) is 82.4 cm³/mol. The molecule has 1 amide bonds. The van der Waals surface area contributed by atoms with Crippen LogP contribution in [0, 0.1) is 23.0 Å². The van der Waals surface area contributed by atoms with Gasteiger partial charge in [0, 0.05) is 31.7 Å². The van der Waals surface area contributed by atoms with E-state index in [0.717, 1.165) is 6.07 Å². The lowest BCUT2D eigenvalue weighted by atomic mass is 9.72. The second-order valence-electron chi connectivity index (χ2n) is 6.49. The van der Waals surface area contributed by atoms with Crippen molar-refractivity contribution in [1.29, 1.82) is 0 Å². The average Bonchev–Trinajstić information content (AvgIpc) is 2.96. The number of ether oxygens (including phenoxy) is 2. The Labute approximate surface area is 143 Å². The fourth-order valence-electron chi connectivity index (χ4n) is 3.81. The zero-order chi connectivity index (χ0) is 18.2. The second-order valence-corrected chi connectivity index (χ2v) is 6.49. The fourth-order valence-corrected chi connectivity index (χ4v) is 3.81. The summed E-state index contributed by atoms with van der Waals surface area (Å²) < 4.78 is 38.1. The number of rotatable bonds is 3. The van der Waals surface area contributed by atoms with E-state index in [0.29, 0.717) is 26.1 Å². The lowest BCUT2D eigenvalue weighted by Gasteiger charge is -2.36. The number of carboxylic acid groups (broad SMARTS) is 1. The molecular formula is C17H19F2NO5. The molecule has 2 aliphatic heterocycles. The maximum Gasteiger partial charge on any atom is 0.308 e. The maximum absolute atomic E-state index is 14.2. The Bertz CT molecular complexity index is 703. The summed E-state index contributed by atoms with van der Waals surface area (Å²) in [6.45, 7) is 0.964. The van der Waals surface area contributed by atoms with Gasteiger partial charge >= 0.3 is 5.97 Å². The Kier molecular flexibility index (Phi) is 4.64. The molecule has 2 fully saturated rings. The zero-order valence-electron chi connectivity index (χ0n) is 13.8. The van der Waals surface area contributed by atoms with Crippen molar-refractivity contribution >= 4 is 11.9 Å². The van der Waals surface area contributed by atoms with E-state index in [-0.39, 0.29) is 18.8 Å². The number of halogens is 2. The molecule has 136 valence electrons. The molecule has 1 aromatic rings. The standard InChI is InChI=1S/C17H19F2NO5/c1-24-12-3-2-11(18)14(19)13(12)15(21)20-8-10(16(22)23)17(9-20)4-6-25-7-5-17/h2-3,10H,4-9H2,1H3,(H,22,23). The molecule has 0 radical (unpaired) electrons. The third-order valence-corrected chi connectivity index (χ3v) is 5.21. The monoisotopic (exact) mass is 355 g/mol. The summed E-state index contributed by atoms with van der Waals surface area (Å²) in [6, 6.07) is 2.07. The van der Waals surface area contributed by atoms with Crippen molar-refractivity contribution in [3.05, 3.63) is 29.3 Å². The van der Waals surface area contributed by atoms with E-state index in [1.807, 2.05) is 0 Å². The van der Waals surface area contributed by atoms with Crippen LogP contribution in [0.5, 0.6) is 5.75 Å². The van der Waals surface area contributed by atoms with Crippen molar-refractivity contribution in [3.63, 3.8) is 0 Å². The summed E-state index contributed by atoms with van der Waals surface area (Å²) in [6.07, 6.45) is 1.02. The minimum Gasteiger partial charge on any atom is -0.496 e. The molecule has 0 aromatic heterocycles. The van der Waals surface area contributed by atoms with Gasteiger partial charge in [-0.25, -0.2) is 8.78 Å². The first-order valence-electron chi connectivity index (χ1n) is 8.01. The number of hydrogen-bond acceptors (Lipinski definition) is 4. The number of carbonyl (C=O) groups is 2. The summed E-state index contributed by atoms with van der Waals surface area (Å²) in [7, 11) is 1.26. The van der Waals surface area contributed by atoms with Gasteiger partial charge in [0.05, 0.1) is 13.0 Å². The predicted octanol–water partition coefficient (Wildman–Crippen LogP) is 1.93. The number of carbonyl (C=O) groups excluding carboxylic acids is 1. The van der Waals surface area contributed by atoms with Gasteiger partial charge in [-0.2, -0.15) is 0 Å². The summed E-state index contributed by atoms with van der Waals surface area (Å²) in [4.78, 5) is 25.8. The van der Waals surface area contributed by atoms with Crippen LogP contribution in [-0.4, -0.2) is 55.3 Å². The maximum atomic E-state index is 14.2. The summed E-state index contributed by atoms with van der Waals surface area (Å²) in [5.74, 6) is -5.04. The zero-order valence-corrected chi connectivity index (χ0v) is 13.8. The van der Waals surface area contributed by atoms with Gasteiger partial charge < -0.3 is 19.5 Å². The smallest absolute Gasteiger partial charge is 0.308 e. The molecule has 1 spiro atoms. The highest BCUT2D eigenvalue weighted by Crippen LogP contribution is 2.45. The van der Waals surface area contributed by atoms with E-state index in [1.54, 1.807) is 0 Å². The van der Waals surface area contributed by atoms with Gasteiger partial charge in [0.1, 0.15) is 11.3 Å². The number of aliphatic carboxylic acids is 1. The summed E-state index contributed by atoms with van der Waals surface area (Å²) >= 11 is 0. The fraction of sp³-hybridized carbons (Fsp3) is 0.529. The van der Waals surface area contributed by atoms with E-state index in [2.05, 4.69) is 0 Å². The molecule has 8 heteroatoms. The van der Waals surface area contributed by atoms with Crippen molar-refractivity contribution in [2.24, 2.45) is 11.3 Å². The van der Waals surface area contributed by atoms with Crippen molar-refractivity contribution < 1.29 is 33.0 Å². The molecule has 6 nitrogen and oxygen atoms in total. The Morgan fingerprint density at radius 3 is 2.60 bits per heavy atom. The number of nitrogens with zero attached hydrogens (tertiary/aromatic N) is 1. The number of likely N-dealkylation sites (tertiary alicyclic amines) is 1. The quantitative estimate of drug-likeness (QED) is 0.897. The summed E-state index contributed by atoms with van der Waals surface area (Å²) in [5.41, 5.74) is -1.10. The molecule has 1 atom stereocenters. The van der Waals surface area contributed by atoms with Crippen LogP contribution in [0.3, 0.4) is 0 Å². The van der Waals surface area contributed by atoms with Crippen LogP contribution in [0.1, 0.15) is 23.2 Å².